The number of para-hydroxylation sites is 1. The monoisotopic (exact) mass is 433 g/mol. The van der Waals surface area contributed by atoms with Crippen LogP contribution in [0.4, 0.5) is 10.1 Å². The normalized spacial score (nSPS) is 11.3. The quantitative estimate of drug-likeness (QED) is 0.404. The van der Waals surface area contributed by atoms with Crippen molar-refractivity contribution in [2.75, 3.05) is 11.1 Å². The molecule has 7 nitrogen and oxygen atoms in total. The number of hydrogen-bond acceptors (Lipinski definition) is 6. The SMILES string of the molecule is Cc1cc(F)ccc1NC(=O)CSc1nnc2c3ccccc3nc(-c3ccco3)n12. The summed E-state index contributed by atoms with van der Waals surface area (Å²) in [7, 11) is 0. The second-order valence-electron chi connectivity index (χ2n) is 6.87. The zero-order valence-electron chi connectivity index (χ0n) is 16.4. The van der Waals surface area contributed by atoms with Crippen molar-refractivity contribution in [3.8, 4) is 11.6 Å². The molecule has 0 saturated heterocycles. The molecule has 0 atom stereocenters. The molecule has 0 unspecified atom stereocenters. The van der Waals surface area contributed by atoms with Gasteiger partial charge in [-0.15, -0.1) is 10.2 Å². The number of rotatable bonds is 5. The third-order valence-electron chi connectivity index (χ3n) is 4.75. The van der Waals surface area contributed by atoms with Gasteiger partial charge in [0.05, 0.1) is 17.5 Å². The van der Waals surface area contributed by atoms with Crippen LogP contribution in [0.3, 0.4) is 0 Å². The maximum absolute atomic E-state index is 13.3. The molecular formula is C22H16FN5O2S. The molecule has 1 N–H and O–H groups in total. The van der Waals surface area contributed by atoms with E-state index >= 15 is 0 Å². The minimum absolute atomic E-state index is 0.0992. The maximum Gasteiger partial charge on any atom is 0.234 e. The number of aryl methyl sites for hydroxylation is 1. The standard InChI is InChI=1S/C22H16FN5O2S/c1-13-11-14(23)8-9-16(13)24-19(29)12-31-22-27-26-20-15-5-2-3-6-17(15)25-21(28(20)22)18-7-4-10-30-18/h2-11H,12H2,1H3,(H,24,29). The number of halogens is 1. The molecule has 3 heterocycles. The molecule has 0 bridgehead atoms. The van der Waals surface area contributed by atoms with E-state index < -0.39 is 0 Å². The number of furan rings is 1. The van der Waals surface area contributed by atoms with Crippen LogP contribution in [0.2, 0.25) is 0 Å². The van der Waals surface area contributed by atoms with E-state index in [-0.39, 0.29) is 17.5 Å². The van der Waals surface area contributed by atoms with E-state index in [0.717, 1.165) is 10.9 Å². The van der Waals surface area contributed by atoms with Crippen molar-refractivity contribution >= 4 is 39.9 Å². The van der Waals surface area contributed by atoms with E-state index in [2.05, 4.69) is 15.5 Å². The first-order valence-corrected chi connectivity index (χ1v) is 10.5. The molecule has 0 saturated carbocycles. The van der Waals surface area contributed by atoms with Gasteiger partial charge in [0.15, 0.2) is 22.4 Å². The average molecular weight is 433 g/mol. The summed E-state index contributed by atoms with van der Waals surface area (Å²) in [4.78, 5) is 17.2. The van der Waals surface area contributed by atoms with E-state index in [9.17, 15) is 9.18 Å². The van der Waals surface area contributed by atoms with E-state index in [1.54, 1.807) is 29.7 Å². The van der Waals surface area contributed by atoms with E-state index in [0.29, 0.717) is 33.6 Å². The molecule has 5 rings (SSSR count). The van der Waals surface area contributed by atoms with Crippen molar-refractivity contribution in [1.82, 2.24) is 19.6 Å². The first-order chi connectivity index (χ1) is 15.1. The number of nitrogens with zero attached hydrogens (tertiary/aromatic N) is 4. The van der Waals surface area contributed by atoms with Gasteiger partial charge in [-0.05, 0) is 55.0 Å². The van der Waals surface area contributed by atoms with Gasteiger partial charge in [-0.2, -0.15) is 0 Å². The molecule has 0 aliphatic rings. The zero-order chi connectivity index (χ0) is 21.4. The molecule has 0 aliphatic heterocycles. The number of thioether (sulfide) groups is 1. The van der Waals surface area contributed by atoms with Crippen molar-refractivity contribution in [3.05, 3.63) is 72.2 Å². The fraction of sp³-hybridized carbons (Fsp3) is 0.0909. The molecule has 2 aromatic carbocycles. The van der Waals surface area contributed by atoms with Crippen molar-refractivity contribution in [3.63, 3.8) is 0 Å². The third kappa shape index (κ3) is 3.64. The number of carbonyl (C=O) groups is 1. The maximum atomic E-state index is 13.3. The number of carbonyl (C=O) groups excluding carboxylic acids is 1. The second-order valence-corrected chi connectivity index (χ2v) is 7.81. The third-order valence-corrected chi connectivity index (χ3v) is 5.68. The van der Waals surface area contributed by atoms with Crippen LogP contribution >= 0.6 is 11.8 Å². The Morgan fingerprint density at radius 2 is 2.03 bits per heavy atom. The fourth-order valence-electron chi connectivity index (χ4n) is 3.31. The van der Waals surface area contributed by atoms with Gasteiger partial charge in [0, 0.05) is 11.1 Å². The molecule has 31 heavy (non-hydrogen) atoms. The molecule has 0 spiro atoms. The lowest BCUT2D eigenvalue weighted by atomic mass is 10.2. The lowest BCUT2D eigenvalue weighted by Crippen LogP contribution is -2.15. The molecule has 3 aromatic heterocycles. The minimum Gasteiger partial charge on any atom is -0.461 e. The van der Waals surface area contributed by atoms with Crippen LogP contribution < -0.4 is 5.32 Å². The topological polar surface area (TPSA) is 85.3 Å². The average Bonchev–Trinajstić information content (AvgIpc) is 3.44. The van der Waals surface area contributed by atoms with Crippen molar-refractivity contribution in [2.45, 2.75) is 12.1 Å². The molecular weight excluding hydrogens is 417 g/mol. The van der Waals surface area contributed by atoms with Crippen molar-refractivity contribution < 1.29 is 13.6 Å². The minimum atomic E-state index is -0.343. The largest absolute Gasteiger partial charge is 0.461 e. The van der Waals surface area contributed by atoms with E-state index in [1.807, 2.05) is 30.3 Å². The van der Waals surface area contributed by atoms with Crippen molar-refractivity contribution in [2.24, 2.45) is 0 Å². The summed E-state index contributed by atoms with van der Waals surface area (Å²) in [6.07, 6.45) is 1.58. The summed E-state index contributed by atoms with van der Waals surface area (Å²) in [5.74, 6) is 0.654. The van der Waals surface area contributed by atoms with Crippen LogP contribution in [0.15, 0.2) is 70.4 Å². The van der Waals surface area contributed by atoms with E-state index in [1.165, 1.54) is 23.9 Å². The molecule has 0 aliphatic carbocycles. The number of aromatic nitrogens is 4. The highest BCUT2D eigenvalue weighted by Crippen LogP contribution is 2.29. The zero-order valence-corrected chi connectivity index (χ0v) is 17.2. The highest BCUT2D eigenvalue weighted by atomic mass is 32.2. The Hall–Kier alpha value is -3.72. The van der Waals surface area contributed by atoms with Crippen LogP contribution in [0.25, 0.3) is 28.1 Å². The van der Waals surface area contributed by atoms with Crippen LogP contribution in [-0.2, 0) is 4.79 Å². The summed E-state index contributed by atoms with van der Waals surface area (Å²) in [5, 5.41) is 12.8. The van der Waals surface area contributed by atoms with Gasteiger partial charge in [-0.25, -0.2) is 9.37 Å². The Labute approximate surface area is 180 Å². The second kappa shape index (κ2) is 7.84. The summed E-state index contributed by atoms with van der Waals surface area (Å²) in [6.45, 7) is 1.74. The number of amides is 1. The van der Waals surface area contributed by atoms with Gasteiger partial charge < -0.3 is 9.73 Å². The molecule has 5 aromatic rings. The molecule has 0 radical (unpaired) electrons. The number of benzene rings is 2. The Morgan fingerprint density at radius 3 is 2.84 bits per heavy atom. The predicted octanol–water partition coefficient (Wildman–Crippen LogP) is 4.72. The van der Waals surface area contributed by atoms with Crippen LogP contribution in [0.5, 0.6) is 0 Å². The number of fused-ring (bicyclic) bond motifs is 3. The van der Waals surface area contributed by atoms with Gasteiger partial charge >= 0.3 is 0 Å². The smallest absolute Gasteiger partial charge is 0.234 e. The first-order valence-electron chi connectivity index (χ1n) is 9.47. The van der Waals surface area contributed by atoms with Crippen LogP contribution in [0, 0.1) is 12.7 Å². The van der Waals surface area contributed by atoms with Crippen molar-refractivity contribution in [1.29, 1.82) is 0 Å². The molecule has 1 amide bonds. The van der Waals surface area contributed by atoms with Crippen LogP contribution in [0.1, 0.15) is 5.56 Å². The Bertz CT molecular complexity index is 1410. The highest BCUT2D eigenvalue weighted by molar-refractivity contribution is 7.99. The summed E-state index contributed by atoms with van der Waals surface area (Å²) in [5.41, 5.74) is 2.63. The Balaban J connectivity index is 1.47. The number of nitrogens with one attached hydrogen (secondary N) is 1. The Morgan fingerprint density at radius 1 is 1.16 bits per heavy atom. The Kier molecular flexibility index (Phi) is 4.87. The van der Waals surface area contributed by atoms with Gasteiger partial charge in [-0.1, -0.05) is 23.9 Å². The van der Waals surface area contributed by atoms with Gasteiger partial charge in [0.1, 0.15) is 5.82 Å². The number of hydrogen-bond donors (Lipinski definition) is 1. The van der Waals surface area contributed by atoms with E-state index in [4.69, 9.17) is 9.40 Å². The molecule has 0 fully saturated rings. The van der Waals surface area contributed by atoms with Crippen LogP contribution in [-0.4, -0.2) is 31.2 Å². The summed E-state index contributed by atoms with van der Waals surface area (Å²) >= 11 is 1.23. The van der Waals surface area contributed by atoms with Gasteiger partial charge in [-0.3, -0.25) is 9.20 Å². The predicted molar refractivity (Wildman–Crippen MR) is 116 cm³/mol. The summed E-state index contributed by atoms with van der Waals surface area (Å²) in [6, 6.07) is 15.5. The fourth-order valence-corrected chi connectivity index (χ4v) is 4.04. The van der Waals surface area contributed by atoms with Gasteiger partial charge in [0.25, 0.3) is 0 Å². The summed E-state index contributed by atoms with van der Waals surface area (Å²) < 4.78 is 20.6. The number of anilines is 1. The highest BCUT2D eigenvalue weighted by Gasteiger charge is 2.19. The lowest BCUT2D eigenvalue weighted by Gasteiger charge is -2.09. The van der Waals surface area contributed by atoms with Gasteiger partial charge in [0.2, 0.25) is 5.91 Å². The molecule has 9 heteroatoms. The molecule has 154 valence electrons. The lowest BCUT2D eigenvalue weighted by molar-refractivity contribution is -0.113. The first kappa shape index (κ1) is 19.3.